The first-order valence-electron chi connectivity index (χ1n) is 10.9. The molecular formula is C27H29NO4S. The van der Waals surface area contributed by atoms with E-state index >= 15 is 0 Å². The quantitative estimate of drug-likeness (QED) is 0.346. The van der Waals surface area contributed by atoms with Gasteiger partial charge in [0, 0.05) is 10.3 Å². The normalized spacial score (nSPS) is 20.0. The van der Waals surface area contributed by atoms with Crippen LogP contribution in [0.1, 0.15) is 46.3 Å². The lowest BCUT2D eigenvalue weighted by Gasteiger charge is -2.14. The van der Waals surface area contributed by atoms with Crippen LogP contribution >= 0.6 is 11.8 Å². The summed E-state index contributed by atoms with van der Waals surface area (Å²) in [5.74, 6) is 0.278. The van der Waals surface area contributed by atoms with Crippen molar-refractivity contribution in [2.24, 2.45) is 17.3 Å². The van der Waals surface area contributed by atoms with Crippen LogP contribution in [0.2, 0.25) is 0 Å². The third-order valence-corrected chi connectivity index (χ3v) is 6.45. The highest BCUT2D eigenvalue weighted by molar-refractivity contribution is 8.15. The molecule has 0 amide bonds. The maximum Gasteiger partial charge on any atom is 0.311 e. The number of nitriles is 1. The molecule has 0 aliphatic heterocycles. The first kappa shape index (κ1) is 24.6. The predicted octanol–water partition coefficient (Wildman–Crippen LogP) is 6.47. The number of thioether (sulfide) groups is 1. The summed E-state index contributed by atoms with van der Waals surface area (Å²) in [6.07, 6.45) is 2.29. The van der Waals surface area contributed by atoms with Crippen molar-refractivity contribution in [2.45, 2.75) is 45.5 Å². The van der Waals surface area contributed by atoms with Crippen molar-refractivity contribution in [1.82, 2.24) is 0 Å². The van der Waals surface area contributed by atoms with Gasteiger partial charge in [0.05, 0.1) is 5.92 Å². The summed E-state index contributed by atoms with van der Waals surface area (Å²) >= 11 is 1.25. The minimum atomic E-state index is -1.05. The monoisotopic (exact) mass is 463 g/mol. The lowest BCUT2D eigenvalue weighted by molar-refractivity contribution is -0.149. The lowest BCUT2D eigenvalue weighted by atomic mass is 10.1. The van der Waals surface area contributed by atoms with Gasteiger partial charge >= 0.3 is 5.97 Å². The Hall–Kier alpha value is -3.04. The number of rotatable bonds is 7. The Labute approximate surface area is 199 Å². The van der Waals surface area contributed by atoms with Gasteiger partial charge in [0.15, 0.2) is 0 Å². The molecule has 1 aliphatic carbocycles. The zero-order chi connectivity index (χ0) is 24.2. The largest absolute Gasteiger partial charge is 0.457 e. The van der Waals surface area contributed by atoms with E-state index < -0.39 is 18.0 Å². The van der Waals surface area contributed by atoms with Gasteiger partial charge in [-0.25, -0.2) is 0 Å². The van der Waals surface area contributed by atoms with Crippen LogP contribution in [0, 0.1) is 28.6 Å². The van der Waals surface area contributed by atoms with Crippen LogP contribution in [-0.4, -0.2) is 15.8 Å². The Balaban J connectivity index is 1.66. The first-order valence-corrected chi connectivity index (χ1v) is 11.7. The fourth-order valence-corrected chi connectivity index (χ4v) is 4.48. The van der Waals surface area contributed by atoms with E-state index in [0.717, 1.165) is 0 Å². The number of nitrogens with zero attached hydrogens (tertiary/aromatic N) is 1. The SMILES string of the molecule is CC(C)(C)SC(=O)C=C[C@H]1[C@@H](C(=O)OC(C#N)c2cccc(Oc3ccccc3)c2)C1(C)C. The van der Waals surface area contributed by atoms with Crippen LogP contribution in [0.15, 0.2) is 66.7 Å². The third kappa shape index (κ3) is 6.49. The van der Waals surface area contributed by atoms with E-state index in [-0.39, 0.29) is 21.2 Å². The molecule has 2 aromatic rings. The van der Waals surface area contributed by atoms with Gasteiger partial charge in [0.2, 0.25) is 11.2 Å². The maximum absolute atomic E-state index is 12.9. The number of carbonyl (C=O) groups is 2. The van der Waals surface area contributed by atoms with E-state index in [1.54, 1.807) is 36.4 Å². The third-order valence-electron chi connectivity index (χ3n) is 5.50. The van der Waals surface area contributed by atoms with E-state index in [4.69, 9.17) is 9.47 Å². The second-order valence-corrected chi connectivity index (χ2v) is 11.5. The Morgan fingerprint density at radius 3 is 2.39 bits per heavy atom. The number of para-hydroxylation sites is 1. The van der Waals surface area contributed by atoms with E-state index in [2.05, 4.69) is 6.07 Å². The average molecular weight is 464 g/mol. The molecule has 172 valence electrons. The molecule has 6 heteroatoms. The summed E-state index contributed by atoms with van der Waals surface area (Å²) in [6.45, 7) is 9.86. The number of esters is 1. The Bertz CT molecular complexity index is 1080. The van der Waals surface area contributed by atoms with Crippen molar-refractivity contribution in [3.8, 4) is 17.6 Å². The molecule has 0 bridgehead atoms. The molecular weight excluding hydrogens is 434 g/mol. The molecule has 0 aromatic heterocycles. The lowest BCUT2D eigenvalue weighted by Crippen LogP contribution is -2.14. The Morgan fingerprint density at radius 1 is 1.09 bits per heavy atom. The number of hydrogen-bond donors (Lipinski definition) is 0. The van der Waals surface area contributed by atoms with Crippen molar-refractivity contribution in [3.05, 3.63) is 72.3 Å². The Morgan fingerprint density at radius 2 is 1.76 bits per heavy atom. The summed E-state index contributed by atoms with van der Waals surface area (Å²) in [6, 6.07) is 18.4. The second-order valence-electron chi connectivity index (χ2n) is 9.65. The van der Waals surface area contributed by atoms with Gasteiger partial charge in [0.25, 0.3) is 0 Å². The molecule has 1 unspecified atom stereocenters. The zero-order valence-corrected chi connectivity index (χ0v) is 20.4. The molecule has 2 aromatic carbocycles. The molecule has 3 atom stereocenters. The molecule has 0 spiro atoms. The van der Waals surface area contributed by atoms with Gasteiger partial charge in [-0.1, -0.05) is 82.8 Å². The number of allylic oxidation sites excluding steroid dienone is 1. The van der Waals surface area contributed by atoms with Crippen molar-refractivity contribution < 1.29 is 19.1 Å². The van der Waals surface area contributed by atoms with Crippen molar-refractivity contribution >= 4 is 22.8 Å². The fourth-order valence-electron chi connectivity index (χ4n) is 3.73. The highest BCUT2D eigenvalue weighted by atomic mass is 32.2. The van der Waals surface area contributed by atoms with E-state index in [0.29, 0.717) is 17.1 Å². The van der Waals surface area contributed by atoms with E-state index in [1.807, 2.05) is 65.0 Å². The average Bonchev–Trinajstić information content (AvgIpc) is 3.30. The molecule has 0 heterocycles. The van der Waals surface area contributed by atoms with Crippen molar-refractivity contribution in [1.29, 1.82) is 5.26 Å². The topological polar surface area (TPSA) is 76.4 Å². The van der Waals surface area contributed by atoms with E-state index in [9.17, 15) is 14.9 Å². The molecule has 1 saturated carbocycles. The van der Waals surface area contributed by atoms with Crippen LogP contribution in [0.3, 0.4) is 0 Å². The van der Waals surface area contributed by atoms with Gasteiger partial charge in [-0.3, -0.25) is 9.59 Å². The smallest absolute Gasteiger partial charge is 0.311 e. The maximum atomic E-state index is 12.9. The summed E-state index contributed by atoms with van der Waals surface area (Å²) in [5.41, 5.74) is 0.208. The van der Waals surface area contributed by atoms with Gasteiger partial charge in [-0.15, -0.1) is 0 Å². The van der Waals surface area contributed by atoms with Crippen LogP contribution < -0.4 is 4.74 Å². The number of ether oxygens (including phenoxy) is 2. The number of benzene rings is 2. The summed E-state index contributed by atoms with van der Waals surface area (Å²) in [4.78, 5) is 25.1. The van der Waals surface area contributed by atoms with Crippen LogP contribution in [0.25, 0.3) is 0 Å². The van der Waals surface area contributed by atoms with Crippen molar-refractivity contribution in [3.63, 3.8) is 0 Å². The first-order chi connectivity index (χ1) is 15.5. The minimum absolute atomic E-state index is 0.0394. The number of hydrogen-bond acceptors (Lipinski definition) is 6. The number of carbonyl (C=O) groups excluding carboxylic acids is 2. The van der Waals surface area contributed by atoms with E-state index in [1.165, 1.54) is 11.8 Å². The van der Waals surface area contributed by atoms with Gasteiger partial charge in [0.1, 0.15) is 17.6 Å². The molecule has 1 fully saturated rings. The molecule has 0 saturated heterocycles. The molecule has 0 radical (unpaired) electrons. The summed E-state index contributed by atoms with van der Waals surface area (Å²) < 4.78 is 11.2. The second kappa shape index (κ2) is 9.84. The van der Waals surface area contributed by atoms with Gasteiger partial charge in [-0.2, -0.15) is 5.26 Å². The Kier molecular flexibility index (Phi) is 7.34. The van der Waals surface area contributed by atoms with Crippen LogP contribution in [0.5, 0.6) is 11.5 Å². The highest BCUT2D eigenvalue weighted by Gasteiger charge is 2.61. The highest BCUT2D eigenvalue weighted by Crippen LogP contribution is 2.59. The summed E-state index contributed by atoms with van der Waals surface area (Å²) in [5, 5.41) is 9.62. The molecule has 33 heavy (non-hydrogen) atoms. The molecule has 1 aliphatic rings. The molecule has 3 rings (SSSR count). The van der Waals surface area contributed by atoms with Gasteiger partial charge < -0.3 is 9.47 Å². The molecule has 5 nitrogen and oxygen atoms in total. The summed E-state index contributed by atoms with van der Waals surface area (Å²) in [7, 11) is 0. The van der Waals surface area contributed by atoms with Crippen molar-refractivity contribution in [2.75, 3.05) is 0 Å². The zero-order valence-electron chi connectivity index (χ0n) is 19.6. The minimum Gasteiger partial charge on any atom is -0.457 e. The van der Waals surface area contributed by atoms with Gasteiger partial charge in [-0.05, 0) is 41.7 Å². The van der Waals surface area contributed by atoms with Crippen LogP contribution in [0.4, 0.5) is 0 Å². The molecule has 0 N–H and O–H groups in total. The standard InChI is InChI=1S/C27H29NO4S/c1-26(2,3)33-23(29)15-14-21-24(27(21,4)5)25(30)32-22(17-28)18-10-9-13-20(16-18)31-19-11-7-6-8-12-19/h6-16,21-22,24H,1-5H3/t21-,22?,24-/m0/s1. The predicted molar refractivity (Wildman–Crippen MR) is 130 cm³/mol. The fraction of sp³-hybridized carbons (Fsp3) is 0.370. The van der Waals surface area contributed by atoms with Crippen LogP contribution in [-0.2, 0) is 14.3 Å².